The minimum absolute atomic E-state index is 0.289. The average molecular weight is 290 g/mol. The van der Waals surface area contributed by atoms with Gasteiger partial charge in [0.2, 0.25) is 0 Å². The predicted octanol–water partition coefficient (Wildman–Crippen LogP) is 3.34. The second-order valence-electron chi connectivity index (χ2n) is 4.70. The molecule has 0 amide bonds. The van der Waals surface area contributed by atoms with Gasteiger partial charge in [0.15, 0.2) is 0 Å². The van der Waals surface area contributed by atoms with E-state index < -0.39 is 0 Å². The van der Waals surface area contributed by atoms with Crippen molar-refractivity contribution >= 4 is 23.1 Å². The molecular formula is C15H18N2O2S. The summed E-state index contributed by atoms with van der Waals surface area (Å²) < 4.78 is 4.75. The van der Waals surface area contributed by atoms with E-state index in [-0.39, 0.29) is 12.0 Å². The number of hydrogen-bond donors (Lipinski definition) is 0. The number of rotatable bonds is 5. The Hall–Kier alpha value is -1.88. The van der Waals surface area contributed by atoms with Crippen LogP contribution in [0.1, 0.15) is 29.1 Å². The predicted molar refractivity (Wildman–Crippen MR) is 81.2 cm³/mol. The van der Waals surface area contributed by atoms with Crippen molar-refractivity contribution in [1.29, 1.82) is 0 Å². The molecule has 2 heterocycles. The fraction of sp³-hybridized carbons (Fsp3) is 0.333. The van der Waals surface area contributed by atoms with Crippen LogP contribution in [0.5, 0.6) is 0 Å². The van der Waals surface area contributed by atoms with Gasteiger partial charge in [0.1, 0.15) is 5.82 Å². The zero-order valence-electron chi connectivity index (χ0n) is 11.9. The summed E-state index contributed by atoms with van der Waals surface area (Å²) >= 11 is 1.72. The molecule has 2 aromatic heterocycles. The van der Waals surface area contributed by atoms with Crippen LogP contribution in [0.2, 0.25) is 0 Å². The molecule has 0 saturated carbocycles. The molecule has 0 saturated heterocycles. The third kappa shape index (κ3) is 3.36. The summed E-state index contributed by atoms with van der Waals surface area (Å²) in [6.07, 6.45) is 1.64. The van der Waals surface area contributed by atoms with Crippen LogP contribution in [0.4, 0.5) is 5.82 Å². The number of methoxy groups -OCH3 is 1. The molecule has 0 aliphatic heterocycles. The molecule has 20 heavy (non-hydrogen) atoms. The molecule has 0 spiro atoms. The highest BCUT2D eigenvalue weighted by Gasteiger charge is 2.15. The molecule has 2 rings (SSSR count). The highest BCUT2D eigenvalue weighted by molar-refractivity contribution is 7.09. The number of aromatic nitrogens is 1. The Morgan fingerprint density at radius 1 is 1.45 bits per heavy atom. The number of anilines is 1. The van der Waals surface area contributed by atoms with Gasteiger partial charge in [0.05, 0.1) is 19.2 Å². The number of esters is 1. The fourth-order valence-electron chi connectivity index (χ4n) is 1.92. The lowest BCUT2D eigenvalue weighted by molar-refractivity contribution is 0.0600. The maximum Gasteiger partial charge on any atom is 0.338 e. The fourth-order valence-corrected chi connectivity index (χ4v) is 2.62. The first-order chi connectivity index (χ1) is 9.61. The summed E-state index contributed by atoms with van der Waals surface area (Å²) in [6, 6.07) is 7.87. The minimum atomic E-state index is -0.339. The van der Waals surface area contributed by atoms with E-state index in [4.69, 9.17) is 4.74 Å². The third-order valence-corrected chi connectivity index (χ3v) is 3.85. The molecule has 0 atom stereocenters. The van der Waals surface area contributed by atoms with Crippen LogP contribution in [0.25, 0.3) is 0 Å². The Morgan fingerprint density at radius 3 is 2.85 bits per heavy atom. The Balaban J connectivity index is 2.27. The highest BCUT2D eigenvalue weighted by atomic mass is 32.1. The normalized spacial score (nSPS) is 10.6. The molecule has 0 N–H and O–H groups in total. The standard InChI is InChI=1S/C15H18N2O2S/c1-11(2)17(10-13-5-4-8-20-13)14-9-12(6-7-16-14)15(18)19-3/h4-9,11H,10H2,1-3H3. The van der Waals surface area contributed by atoms with Crippen LogP contribution in [0, 0.1) is 0 Å². The molecule has 0 radical (unpaired) electrons. The molecule has 106 valence electrons. The van der Waals surface area contributed by atoms with Crippen molar-refractivity contribution in [2.75, 3.05) is 12.0 Å². The molecule has 0 bridgehead atoms. The van der Waals surface area contributed by atoms with Crippen molar-refractivity contribution in [1.82, 2.24) is 4.98 Å². The van der Waals surface area contributed by atoms with Gasteiger partial charge in [0.25, 0.3) is 0 Å². The second kappa shape index (κ2) is 6.52. The van der Waals surface area contributed by atoms with E-state index in [1.807, 2.05) is 6.07 Å². The minimum Gasteiger partial charge on any atom is -0.465 e. The summed E-state index contributed by atoms with van der Waals surface area (Å²) in [5.41, 5.74) is 0.523. The number of pyridine rings is 1. The number of ether oxygens (including phenoxy) is 1. The lowest BCUT2D eigenvalue weighted by Crippen LogP contribution is -2.30. The Labute approximate surface area is 123 Å². The monoisotopic (exact) mass is 290 g/mol. The van der Waals surface area contributed by atoms with Crippen LogP contribution >= 0.6 is 11.3 Å². The summed E-state index contributed by atoms with van der Waals surface area (Å²) in [4.78, 5) is 19.4. The maximum atomic E-state index is 11.6. The van der Waals surface area contributed by atoms with E-state index in [1.165, 1.54) is 12.0 Å². The largest absolute Gasteiger partial charge is 0.465 e. The van der Waals surface area contributed by atoms with E-state index in [9.17, 15) is 4.79 Å². The van der Waals surface area contributed by atoms with E-state index in [2.05, 4.69) is 35.2 Å². The van der Waals surface area contributed by atoms with Crippen molar-refractivity contribution < 1.29 is 9.53 Å². The average Bonchev–Trinajstić information content (AvgIpc) is 2.96. The zero-order valence-corrected chi connectivity index (χ0v) is 12.7. The number of hydrogen-bond acceptors (Lipinski definition) is 5. The van der Waals surface area contributed by atoms with Gasteiger partial charge < -0.3 is 9.64 Å². The van der Waals surface area contributed by atoms with E-state index in [0.717, 1.165) is 12.4 Å². The maximum absolute atomic E-state index is 11.6. The van der Waals surface area contributed by atoms with E-state index in [1.54, 1.807) is 29.7 Å². The quantitative estimate of drug-likeness (QED) is 0.792. The molecule has 0 aliphatic rings. The Bertz CT molecular complexity index is 567. The highest BCUT2D eigenvalue weighted by Crippen LogP contribution is 2.21. The van der Waals surface area contributed by atoms with Crippen molar-refractivity contribution in [2.24, 2.45) is 0 Å². The molecule has 0 aromatic carbocycles. The van der Waals surface area contributed by atoms with Crippen LogP contribution < -0.4 is 4.90 Å². The molecule has 0 unspecified atom stereocenters. The van der Waals surface area contributed by atoms with Crippen molar-refractivity contribution in [3.63, 3.8) is 0 Å². The summed E-state index contributed by atoms with van der Waals surface area (Å²) in [6.45, 7) is 5.01. The van der Waals surface area contributed by atoms with Gasteiger partial charge in [-0.2, -0.15) is 0 Å². The van der Waals surface area contributed by atoms with Gasteiger partial charge in [-0.1, -0.05) is 6.07 Å². The first-order valence-electron chi connectivity index (χ1n) is 6.45. The molecule has 5 heteroatoms. The van der Waals surface area contributed by atoms with Gasteiger partial charge >= 0.3 is 5.97 Å². The first kappa shape index (κ1) is 14.5. The van der Waals surface area contributed by atoms with Crippen molar-refractivity contribution in [3.8, 4) is 0 Å². The smallest absolute Gasteiger partial charge is 0.338 e. The van der Waals surface area contributed by atoms with Gasteiger partial charge in [-0.3, -0.25) is 0 Å². The molecule has 0 aliphatic carbocycles. The number of carbonyl (C=O) groups is 1. The summed E-state index contributed by atoms with van der Waals surface area (Å²) in [5, 5.41) is 2.06. The van der Waals surface area contributed by atoms with Crippen LogP contribution in [0.15, 0.2) is 35.8 Å². The number of thiophene rings is 1. The van der Waals surface area contributed by atoms with Gasteiger partial charge in [0, 0.05) is 17.1 Å². The lowest BCUT2D eigenvalue weighted by atomic mass is 10.2. The van der Waals surface area contributed by atoms with Crippen molar-refractivity contribution in [2.45, 2.75) is 26.4 Å². The lowest BCUT2D eigenvalue weighted by Gasteiger charge is -2.27. The summed E-state index contributed by atoms with van der Waals surface area (Å²) in [5.74, 6) is 0.449. The van der Waals surface area contributed by atoms with E-state index >= 15 is 0 Å². The summed E-state index contributed by atoms with van der Waals surface area (Å²) in [7, 11) is 1.38. The van der Waals surface area contributed by atoms with Crippen molar-refractivity contribution in [3.05, 3.63) is 46.3 Å². The van der Waals surface area contributed by atoms with Gasteiger partial charge in [-0.25, -0.2) is 9.78 Å². The SMILES string of the molecule is COC(=O)c1ccnc(N(Cc2cccs2)C(C)C)c1. The van der Waals surface area contributed by atoms with Crippen LogP contribution in [-0.2, 0) is 11.3 Å². The topological polar surface area (TPSA) is 42.4 Å². The van der Waals surface area contributed by atoms with Crippen LogP contribution in [0.3, 0.4) is 0 Å². The van der Waals surface area contributed by atoms with E-state index in [0.29, 0.717) is 5.56 Å². The number of nitrogens with zero attached hydrogens (tertiary/aromatic N) is 2. The first-order valence-corrected chi connectivity index (χ1v) is 7.33. The second-order valence-corrected chi connectivity index (χ2v) is 5.73. The number of carbonyl (C=O) groups excluding carboxylic acids is 1. The Kier molecular flexibility index (Phi) is 4.74. The van der Waals surface area contributed by atoms with Crippen LogP contribution in [-0.4, -0.2) is 24.1 Å². The molecule has 0 fully saturated rings. The van der Waals surface area contributed by atoms with Gasteiger partial charge in [-0.15, -0.1) is 11.3 Å². The van der Waals surface area contributed by atoms with Gasteiger partial charge in [-0.05, 0) is 37.4 Å². The molecule has 2 aromatic rings. The molecular weight excluding hydrogens is 272 g/mol. The Morgan fingerprint density at radius 2 is 2.25 bits per heavy atom. The zero-order chi connectivity index (χ0) is 14.5. The molecule has 4 nitrogen and oxygen atoms in total. The third-order valence-electron chi connectivity index (χ3n) is 2.99.